The van der Waals surface area contributed by atoms with Gasteiger partial charge in [-0.3, -0.25) is 4.90 Å². The van der Waals surface area contributed by atoms with E-state index in [4.69, 9.17) is 0 Å². The lowest BCUT2D eigenvalue weighted by Crippen LogP contribution is -2.32. The zero-order valence-electron chi connectivity index (χ0n) is 12.9. The average molecular weight is 321 g/mol. The molecule has 0 saturated carbocycles. The molecule has 0 saturated heterocycles. The third-order valence-corrected chi connectivity index (χ3v) is 4.16. The van der Waals surface area contributed by atoms with Crippen LogP contribution in [-0.2, 0) is 32.1 Å². The lowest BCUT2D eigenvalue weighted by atomic mass is 10.0. The SMILES string of the molecule is CCc1ccccc1CN1CCc2nc(C(F)(F)F)ncc2C1. The van der Waals surface area contributed by atoms with Gasteiger partial charge in [0.05, 0.1) is 5.69 Å². The first kappa shape index (κ1) is 15.9. The summed E-state index contributed by atoms with van der Waals surface area (Å²) >= 11 is 0. The van der Waals surface area contributed by atoms with E-state index in [1.54, 1.807) is 0 Å². The van der Waals surface area contributed by atoms with Crippen LogP contribution in [0.15, 0.2) is 30.5 Å². The van der Waals surface area contributed by atoms with Crippen molar-refractivity contribution < 1.29 is 13.2 Å². The van der Waals surface area contributed by atoms with Crippen molar-refractivity contribution in [3.05, 3.63) is 58.7 Å². The number of fused-ring (bicyclic) bond motifs is 1. The third-order valence-electron chi connectivity index (χ3n) is 4.16. The van der Waals surface area contributed by atoms with Crippen molar-refractivity contribution in [3.8, 4) is 0 Å². The van der Waals surface area contributed by atoms with Crippen LogP contribution in [0.4, 0.5) is 13.2 Å². The Hall–Kier alpha value is -1.95. The minimum atomic E-state index is -4.48. The molecule has 0 N–H and O–H groups in total. The van der Waals surface area contributed by atoms with Gasteiger partial charge in [-0.05, 0) is 17.5 Å². The number of rotatable bonds is 3. The molecule has 122 valence electrons. The smallest absolute Gasteiger partial charge is 0.294 e. The molecule has 0 radical (unpaired) electrons. The molecule has 0 spiro atoms. The minimum Gasteiger partial charge on any atom is -0.294 e. The number of benzene rings is 1. The molecule has 2 aromatic rings. The van der Waals surface area contributed by atoms with E-state index < -0.39 is 12.0 Å². The molecule has 3 nitrogen and oxygen atoms in total. The molecule has 6 heteroatoms. The zero-order valence-corrected chi connectivity index (χ0v) is 12.9. The van der Waals surface area contributed by atoms with Crippen LogP contribution in [-0.4, -0.2) is 21.4 Å². The van der Waals surface area contributed by atoms with Gasteiger partial charge in [0.1, 0.15) is 0 Å². The number of halogens is 3. The molecule has 0 bridgehead atoms. The van der Waals surface area contributed by atoms with Gasteiger partial charge in [-0.15, -0.1) is 0 Å². The van der Waals surface area contributed by atoms with Gasteiger partial charge in [-0.1, -0.05) is 31.2 Å². The highest BCUT2D eigenvalue weighted by Crippen LogP contribution is 2.28. The Labute approximate surface area is 133 Å². The Balaban J connectivity index is 1.76. The van der Waals surface area contributed by atoms with Crippen molar-refractivity contribution in [1.29, 1.82) is 0 Å². The van der Waals surface area contributed by atoms with Crippen molar-refractivity contribution >= 4 is 0 Å². The van der Waals surface area contributed by atoms with Gasteiger partial charge in [-0.2, -0.15) is 13.2 Å². The van der Waals surface area contributed by atoms with E-state index in [1.165, 1.54) is 17.3 Å². The topological polar surface area (TPSA) is 29.0 Å². The Kier molecular flexibility index (Phi) is 4.35. The maximum atomic E-state index is 12.7. The predicted octanol–water partition coefficient (Wildman–Crippen LogP) is 3.62. The van der Waals surface area contributed by atoms with E-state index in [-0.39, 0.29) is 0 Å². The summed E-state index contributed by atoms with van der Waals surface area (Å²) in [6, 6.07) is 8.27. The maximum Gasteiger partial charge on any atom is 0.451 e. The summed E-state index contributed by atoms with van der Waals surface area (Å²) in [7, 11) is 0. The van der Waals surface area contributed by atoms with E-state index >= 15 is 0 Å². The summed E-state index contributed by atoms with van der Waals surface area (Å²) < 4.78 is 38.0. The van der Waals surface area contributed by atoms with Gasteiger partial charge >= 0.3 is 6.18 Å². The Bertz CT molecular complexity index is 698. The highest BCUT2D eigenvalue weighted by molar-refractivity contribution is 5.28. The van der Waals surface area contributed by atoms with Crippen LogP contribution < -0.4 is 0 Å². The van der Waals surface area contributed by atoms with E-state index in [0.717, 1.165) is 18.5 Å². The van der Waals surface area contributed by atoms with Crippen LogP contribution >= 0.6 is 0 Å². The summed E-state index contributed by atoms with van der Waals surface area (Å²) in [5, 5.41) is 0. The molecule has 1 aliphatic heterocycles. The highest BCUT2D eigenvalue weighted by atomic mass is 19.4. The average Bonchev–Trinajstić information content (AvgIpc) is 2.54. The number of hydrogen-bond acceptors (Lipinski definition) is 3. The van der Waals surface area contributed by atoms with Crippen molar-refractivity contribution in [2.45, 2.75) is 39.0 Å². The number of alkyl halides is 3. The van der Waals surface area contributed by atoms with E-state index in [2.05, 4.69) is 33.9 Å². The van der Waals surface area contributed by atoms with Crippen molar-refractivity contribution in [3.63, 3.8) is 0 Å². The van der Waals surface area contributed by atoms with Crippen LogP contribution in [0.2, 0.25) is 0 Å². The van der Waals surface area contributed by atoms with Gasteiger partial charge in [0.2, 0.25) is 5.82 Å². The summed E-state index contributed by atoms with van der Waals surface area (Å²) in [5.74, 6) is -1.04. The number of aryl methyl sites for hydroxylation is 1. The Morgan fingerprint density at radius 2 is 1.91 bits per heavy atom. The number of hydrogen-bond donors (Lipinski definition) is 0. The largest absolute Gasteiger partial charge is 0.451 e. The first-order chi connectivity index (χ1) is 11.0. The van der Waals surface area contributed by atoms with Crippen LogP contribution in [0.1, 0.15) is 35.1 Å². The van der Waals surface area contributed by atoms with Gasteiger partial charge in [0, 0.05) is 37.8 Å². The summed E-state index contributed by atoms with van der Waals surface area (Å²) in [4.78, 5) is 9.40. The molecule has 3 rings (SSSR count). The van der Waals surface area contributed by atoms with Gasteiger partial charge in [-0.25, -0.2) is 9.97 Å². The van der Waals surface area contributed by atoms with Crippen LogP contribution in [0.5, 0.6) is 0 Å². The highest BCUT2D eigenvalue weighted by Gasteiger charge is 2.35. The molecule has 0 fully saturated rings. The molecule has 23 heavy (non-hydrogen) atoms. The fourth-order valence-electron chi connectivity index (χ4n) is 2.94. The second-order valence-electron chi connectivity index (χ2n) is 5.75. The number of aromatic nitrogens is 2. The Morgan fingerprint density at radius 1 is 1.17 bits per heavy atom. The Morgan fingerprint density at radius 3 is 2.61 bits per heavy atom. The maximum absolute atomic E-state index is 12.7. The molecule has 1 aromatic heterocycles. The summed E-state index contributed by atoms with van der Waals surface area (Å²) in [6.07, 6.45) is -1.66. The molecular weight excluding hydrogens is 303 g/mol. The molecule has 0 amide bonds. The van der Waals surface area contributed by atoms with Crippen molar-refractivity contribution in [2.75, 3.05) is 6.54 Å². The van der Waals surface area contributed by atoms with E-state index in [9.17, 15) is 13.2 Å². The first-order valence-electron chi connectivity index (χ1n) is 7.68. The van der Waals surface area contributed by atoms with Gasteiger partial charge < -0.3 is 0 Å². The van der Waals surface area contributed by atoms with Crippen molar-refractivity contribution in [2.24, 2.45) is 0 Å². The molecule has 2 heterocycles. The molecule has 1 aromatic carbocycles. The second kappa shape index (κ2) is 6.28. The van der Waals surface area contributed by atoms with Crippen molar-refractivity contribution in [1.82, 2.24) is 14.9 Å². The summed E-state index contributed by atoms with van der Waals surface area (Å²) in [6.45, 7) is 4.21. The standard InChI is InChI=1S/C17H18F3N3/c1-2-12-5-3-4-6-13(12)10-23-8-7-15-14(11-23)9-21-16(22-15)17(18,19)20/h3-6,9H,2,7-8,10-11H2,1H3. The first-order valence-corrected chi connectivity index (χ1v) is 7.68. The van der Waals surface area contributed by atoms with Gasteiger partial charge in [0.15, 0.2) is 0 Å². The monoisotopic (exact) mass is 321 g/mol. The van der Waals surface area contributed by atoms with Gasteiger partial charge in [0.25, 0.3) is 0 Å². The lowest BCUT2D eigenvalue weighted by Gasteiger charge is -2.28. The molecule has 0 unspecified atom stereocenters. The minimum absolute atomic E-state index is 0.521. The fraction of sp³-hybridized carbons (Fsp3) is 0.412. The van der Waals surface area contributed by atoms with E-state index in [1.807, 2.05) is 12.1 Å². The quantitative estimate of drug-likeness (QED) is 0.865. The number of nitrogens with zero attached hydrogens (tertiary/aromatic N) is 3. The van der Waals surface area contributed by atoms with E-state index in [0.29, 0.717) is 25.2 Å². The molecule has 0 aliphatic carbocycles. The molecule has 1 aliphatic rings. The molecule has 0 atom stereocenters. The third kappa shape index (κ3) is 3.52. The zero-order chi connectivity index (χ0) is 16.4. The van der Waals surface area contributed by atoms with Crippen LogP contribution in [0, 0.1) is 0 Å². The predicted molar refractivity (Wildman–Crippen MR) is 80.7 cm³/mol. The molecular formula is C17H18F3N3. The summed E-state index contributed by atoms with van der Waals surface area (Å²) in [5.41, 5.74) is 3.89. The lowest BCUT2D eigenvalue weighted by molar-refractivity contribution is -0.145. The van der Waals surface area contributed by atoms with Crippen LogP contribution in [0.3, 0.4) is 0 Å². The van der Waals surface area contributed by atoms with Crippen LogP contribution in [0.25, 0.3) is 0 Å². The fourth-order valence-corrected chi connectivity index (χ4v) is 2.94. The second-order valence-corrected chi connectivity index (χ2v) is 5.75. The normalized spacial score (nSPS) is 15.5.